The molecule has 1 rings (SSSR count). The topological polar surface area (TPSA) is 26.0 Å². The fraction of sp³-hybridized carbons (Fsp3) is 0.333. The molecule has 2 N–H and O–H groups in total. The summed E-state index contributed by atoms with van der Waals surface area (Å²) in [7, 11) is 0. The number of rotatable bonds is 2. The third kappa shape index (κ3) is 3.02. The summed E-state index contributed by atoms with van der Waals surface area (Å²) in [5, 5.41) is 0.761. The highest BCUT2D eigenvalue weighted by Crippen LogP contribution is 2.16. The second-order valence-corrected chi connectivity index (χ2v) is 3.00. The number of halogens is 2. The molecule has 0 aliphatic rings. The molecule has 68 valence electrons. The van der Waals surface area contributed by atoms with E-state index in [1.807, 2.05) is 24.3 Å². The second kappa shape index (κ2) is 5.41. The lowest BCUT2D eigenvalue weighted by atomic mass is 10.1. The van der Waals surface area contributed by atoms with Crippen molar-refractivity contribution in [3.05, 3.63) is 34.9 Å². The van der Waals surface area contributed by atoms with Crippen molar-refractivity contribution in [2.75, 3.05) is 0 Å². The summed E-state index contributed by atoms with van der Waals surface area (Å²) in [5.41, 5.74) is 6.95. The van der Waals surface area contributed by atoms with Crippen molar-refractivity contribution in [2.24, 2.45) is 5.73 Å². The Morgan fingerprint density at radius 1 is 1.33 bits per heavy atom. The van der Waals surface area contributed by atoms with Crippen LogP contribution < -0.4 is 5.73 Å². The molecule has 0 spiro atoms. The molecule has 0 fully saturated rings. The van der Waals surface area contributed by atoms with Gasteiger partial charge in [-0.25, -0.2) is 0 Å². The third-order valence-corrected chi connectivity index (χ3v) is 1.99. The van der Waals surface area contributed by atoms with E-state index >= 15 is 0 Å². The summed E-state index contributed by atoms with van der Waals surface area (Å²) in [6.45, 7) is 2.07. The van der Waals surface area contributed by atoms with E-state index in [1.165, 1.54) is 0 Å². The van der Waals surface area contributed by atoms with Gasteiger partial charge in [0.25, 0.3) is 0 Å². The number of hydrogen-bond acceptors (Lipinski definition) is 1. The van der Waals surface area contributed by atoms with Crippen LogP contribution in [0.15, 0.2) is 24.3 Å². The van der Waals surface area contributed by atoms with Gasteiger partial charge in [0.15, 0.2) is 0 Å². The van der Waals surface area contributed by atoms with Crippen molar-refractivity contribution in [3.8, 4) is 0 Å². The smallest absolute Gasteiger partial charge is 0.0406 e. The summed E-state index contributed by atoms with van der Waals surface area (Å²) in [4.78, 5) is 0. The predicted octanol–water partition coefficient (Wildman–Crippen LogP) is 3.17. The average molecular weight is 206 g/mol. The van der Waals surface area contributed by atoms with Gasteiger partial charge < -0.3 is 5.73 Å². The Bertz CT molecular complexity index is 220. The Hall–Kier alpha value is -0.240. The number of benzene rings is 1. The van der Waals surface area contributed by atoms with Gasteiger partial charge in [0.05, 0.1) is 0 Å². The predicted molar refractivity (Wildman–Crippen MR) is 55.9 cm³/mol. The van der Waals surface area contributed by atoms with Crippen molar-refractivity contribution in [1.29, 1.82) is 0 Å². The van der Waals surface area contributed by atoms with Crippen molar-refractivity contribution < 1.29 is 0 Å². The SMILES string of the molecule is CC[C@H](N)c1ccc(Cl)cc1.Cl. The second-order valence-electron chi connectivity index (χ2n) is 2.57. The zero-order valence-electron chi connectivity index (χ0n) is 6.96. The minimum Gasteiger partial charge on any atom is -0.324 e. The molecule has 1 nitrogen and oxygen atoms in total. The zero-order valence-corrected chi connectivity index (χ0v) is 8.53. The molecule has 0 aliphatic carbocycles. The molecule has 12 heavy (non-hydrogen) atoms. The molecular formula is C9H13Cl2N. The van der Waals surface area contributed by atoms with Gasteiger partial charge in [-0.2, -0.15) is 0 Å². The van der Waals surface area contributed by atoms with E-state index in [4.69, 9.17) is 17.3 Å². The van der Waals surface area contributed by atoms with Crippen molar-refractivity contribution >= 4 is 24.0 Å². The van der Waals surface area contributed by atoms with Crippen LogP contribution in [0.1, 0.15) is 24.9 Å². The van der Waals surface area contributed by atoms with Crippen LogP contribution in [0.25, 0.3) is 0 Å². The molecule has 0 unspecified atom stereocenters. The maximum absolute atomic E-state index is 5.80. The molecule has 1 atom stereocenters. The van der Waals surface area contributed by atoms with E-state index in [9.17, 15) is 0 Å². The molecule has 0 saturated carbocycles. The van der Waals surface area contributed by atoms with E-state index in [0.29, 0.717) is 0 Å². The lowest BCUT2D eigenvalue weighted by Crippen LogP contribution is -2.07. The first-order valence-corrected chi connectivity index (χ1v) is 4.13. The summed E-state index contributed by atoms with van der Waals surface area (Å²) in [6.07, 6.45) is 0.960. The van der Waals surface area contributed by atoms with Gasteiger partial charge in [0.2, 0.25) is 0 Å². The molecule has 1 aromatic carbocycles. The van der Waals surface area contributed by atoms with Gasteiger partial charge in [-0.05, 0) is 24.1 Å². The average Bonchev–Trinajstić information content (AvgIpc) is 2.05. The van der Waals surface area contributed by atoms with Gasteiger partial charge in [-0.1, -0.05) is 30.7 Å². The monoisotopic (exact) mass is 205 g/mol. The molecular weight excluding hydrogens is 193 g/mol. The molecule has 0 heterocycles. The molecule has 0 aliphatic heterocycles. The van der Waals surface area contributed by atoms with E-state index in [-0.39, 0.29) is 18.4 Å². The number of nitrogens with two attached hydrogens (primary N) is 1. The molecule has 0 amide bonds. The van der Waals surface area contributed by atoms with Crippen LogP contribution in [0.4, 0.5) is 0 Å². The third-order valence-electron chi connectivity index (χ3n) is 1.74. The van der Waals surface area contributed by atoms with Crippen LogP contribution in [-0.4, -0.2) is 0 Å². The van der Waals surface area contributed by atoms with E-state index in [0.717, 1.165) is 17.0 Å². The Kier molecular flexibility index (Phi) is 5.31. The standard InChI is InChI=1S/C9H12ClN.ClH/c1-2-9(11)7-3-5-8(10)6-4-7;/h3-6,9H,2,11H2,1H3;1H/t9-;/m0./s1. The Balaban J connectivity index is 0.00000121. The van der Waals surface area contributed by atoms with Gasteiger partial charge in [0, 0.05) is 11.1 Å². The van der Waals surface area contributed by atoms with Gasteiger partial charge in [0.1, 0.15) is 0 Å². The molecule has 0 bridgehead atoms. The Morgan fingerprint density at radius 2 is 1.83 bits per heavy atom. The maximum Gasteiger partial charge on any atom is 0.0406 e. The van der Waals surface area contributed by atoms with Crippen molar-refractivity contribution in [1.82, 2.24) is 0 Å². The van der Waals surface area contributed by atoms with Crippen LogP contribution >= 0.6 is 24.0 Å². The normalized spacial score (nSPS) is 11.9. The van der Waals surface area contributed by atoms with Gasteiger partial charge >= 0.3 is 0 Å². The van der Waals surface area contributed by atoms with Crippen LogP contribution in [0.2, 0.25) is 5.02 Å². The van der Waals surface area contributed by atoms with Crippen LogP contribution in [0.5, 0.6) is 0 Å². The summed E-state index contributed by atoms with van der Waals surface area (Å²) in [5.74, 6) is 0. The minimum absolute atomic E-state index is 0. The lowest BCUT2D eigenvalue weighted by molar-refractivity contribution is 0.699. The number of hydrogen-bond donors (Lipinski definition) is 1. The molecule has 0 radical (unpaired) electrons. The largest absolute Gasteiger partial charge is 0.324 e. The Labute approximate surface area is 84.3 Å². The highest BCUT2D eigenvalue weighted by Gasteiger charge is 2.00. The lowest BCUT2D eigenvalue weighted by Gasteiger charge is -2.07. The quantitative estimate of drug-likeness (QED) is 0.790. The van der Waals surface area contributed by atoms with Gasteiger partial charge in [-0.3, -0.25) is 0 Å². The summed E-state index contributed by atoms with van der Waals surface area (Å²) < 4.78 is 0. The highest BCUT2D eigenvalue weighted by molar-refractivity contribution is 6.30. The van der Waals surface area contributed by atoms with Crippen LogP contribution in [0, 0.1) is 0 Å². The summed E-state index contributed by atoms with van der Waals surface area (Å²) in [6, 6.07) is 7.82. The first kappa shape index (κ1) is 11.8. The van der Waals surface area contributed by atoms with Crippen molar-refractivity contribution in [2.45, 2.75) is 19.4 Å². The first-order valence-electron chi connectivity index (χ1n) is 3.75. The molecule has 3 heteroatoms. The Morgan fingerprint density at radius 3 is 2.25 bits per heavy atom. The fourth-order valence-corrected chi connectivity index (χ4v) is 1.07. The van der Waals surface area contributed by atoms with E-state index in [2.05, 4.69) is 6.92 Å². The molecule has 0 saturated heterocycles. The van der Waals surface area contributed by atoms with E-state index in [1.54, 1.807) is 0 Å². The molecule has 0 aromatic heterocycles. The minimum atomic E-state index is 0. The van der Waals surface area contributed by atoms with Gasteiger partial charge in [-0.15, -0.1) is 12.4 Å². The summed E-state index contributed by atoms with van der Waals surface area (Å²) >= 11 is 5.72. The zero-order chi connectivity index (χ0) is 8.27. The van der Waals surface area contributed by atoms with Crippen molar-refractivity contribution in [3.63, 3.8) is 0 Å². The van der Waals surface area contributed by atoms with Crippen LogP contribution in [0.3, 0.4) is 0 Å². The fourth-order valence-electron chi connectivity index (χ4n) is 0.946. The molecule has 1 aromatic rings. The first-order chi connectivity index (χ1) is 5.24. The van der Waals surface area contributed by atoms with E-state index < -0.39 is 0 Å². The highest BCUT2D eigenvalue weighted by atomic mass is 35.5. The maximum atomic E-state index is 5.80. The van der Waals surface area contributed by atoms with Crippen LogP contribution in [-0.2, 0) is 0 Å².